The van der Waals surface area contributed by atoms with Gasteiger partial charge in [0.1, 0.15) is 22.7 Å². The summed E-state index contributed by atoms with van der Waals surface area (Å²) < 4.78 is 19.2. The second-order valence-corrected chi connectivity index (χ2v) is 10.2. The fourth-order valence-electron chi connectivity index (χ4n) is 6.07. The summed E-state index contributed by atoms with van der Waals surface area (Å²) in [6, 6.07) is 28.0. The highest BCUT2D eigenvalue weighted by Crippen LogP contribution is 2.57. The largest absolute Gasteiger partial charge is 0.494 e. The van der Waals surface area contributed by atoms with Gasteiger partial charge in [-0.2, -0.15) is 0 Å². The standard InChI is InChI=1S/C31H37NO3/c1-30(2)31(33-3,24-11-5-4-6-12-24)29(27-14-7-8-15-28(27)35-30)23-16-18-26(19-17-23)34-22-20-25-13-9-10-21-32-25/h4-8,11-12,14-19,25,29,32H,9-10,13,20-22H2,1-3H3. The van der Waals surface area contributed by atoms with Crippen LogP contribution in [0, 0.1) is 0 Å². The third-order valence-corrected chi connectivity index (χ3v) is 7.78. The van der Waals surface area contributed by atoms with Crippen molar-refractivity contribution in [1.82, 2.24) is 5.32 Å². The van der Waals surface area contributed by atoms with Gasteiger partial charge in [0.2, 0.25) is 0 Å². The van der Waals surface area contributed by atoms with E-state index < -0.39 is 11.2 Å². The van der Waals surface area contributed by atoms with Crippen LogP contribution in [-0.4, -0.2) is 31.9 Å². The van der Waals surface area contributed by atoms with Crippen LogP contribution in [0.4, 0.5) is 0 Å². The van der Waals surface area contributed by atoms with E-state index in [0.717, 1.165) is 42.2 Å². The third-order valence-electron chi connectivity index (χ3n) is 7.78. The van der Waals surface area contributed by atoms with Crippen molar-refractivity contribution in [2.75, 3.05) is 20.3 Å². The molecule has 2 heterocycles. The minimum atomic E-state index is -0.711. The molecule has 184 valence electrons. The van der Waals surface area contributed by atoms with Gasteiger partial charge in [-0.05, 0) is 69.0 Å². The van der Waals surface area contributed by atoms with Crippen molar-refractivity contribution < 1.29 is 14.2 Å². The molecule has 4 nitrogen and oxygen atoms in total. The minimum Gasteiger partial charge on any atom is -0.494 e. The SMILES string of the molecule is COC1(c2ccccc2)C(c2ccc(OCCC3CCCCN3)cc2)c2ccccc2OC1(C)C. The molecular formula is C31H37NO3. The maximum atomic E-state index is 6.61. The van der Waals surface area contributed by atoms with Gasteiger partial charge in [0.05, 0.1) is 6.61 Å². The number of piperidine rings is 1. The molecule has 0 saturated carbocycles. The first kappa shape index (κ1) is 23.9. The van der Waals surface area contributed by atoms with E-state index in [2.05, 4.69) is 85.9 Å². The Hall–Kier alpha value is -2.82. The predicted octanol–water partition coefficient (Wildman–Crippen LogP) is 6.44. The lowest BCUT2D eigenvalue weighted by atomic mass is 9.64. The second kappa shape index (κ2) is 10.0. The molecule has 0 amide bonds. The number of hydrogen-bond donors (Lipinski definition) is 1. The molecule has 0 bridgehead atoms. The van der Waals surface area contributed by atoms with Gasteiger partial charge in [-0.15, -0.1) is 0 Å². The zero-order valence-electron chi connectivity index (χ0n) is 21.1. The molecule has 0 aromatic heterocycles. The van der Waals surface area contributed by atoms with Crippen molar-refractivity contribution in [1.29, 1.82) is 0 Å². The summed E-state index contributed by atoms with van der Waals surface area (Å²) in [5.74, 6) is 1.77. The topological polar surface area (TPSA) is 39.7 Å². The molecule has 1 fully saturated rings. The molecule has 2 aliphatic heterocycles. The van der Waals surface area contributed by atoms with E-state index in [1.807, 2.05) is 12.1 Å². The van der Waals surface area contributed by atoms with Crippen LogP contribution in [-0.2, 0) is 10.3 Å². The Kier molecular flexibility index (Phi) is 6.86. The Morgan fingerprint density at radius 2 is 1.66 bits per heavy atom. The molecule has 1 saturated heterocycles. The van der Waals surface area contributed by atoms with Crippen molar-refractivity contribution in [3.63, 3.8) is 0 Å². The molecule has 1 N–H and O–H groups in total. The molecule has 3 unspecified atom stereocenters. The quantitative estimate of drug-likeness (QED) is 0.430. The number of benzene rings is 3. The normalized spacial score (nSPS) is 25.3. The zero-order valence-corrected chi connectivity index (χ0v) is 21.1. The fourth-order valence-corrected chi connectivity index (χ4v) is 6.07. The lowest BCUT2D eigenvalue weighted by molar-refractivity contribution is -0.166. The van der Waals surface area contributed by atoms with Gasteiger partial charge in [0.15, 0.2) is 0 Å². The number of ether oxygens (including phenoxy) is 3. The van der Waals surface area contributed by atoms with Crippen LogP contribution in [0.2, 0.25) is 0 Å². The summed E-state index contributed by atoms with van der Waals surface area (Å²) in [6.45, 7) is 6.12. The minimum absolute atomic E-state index is 0.0460. The van der Waals surface area contributed by atoms with Crippen LogP contribution in [0.25, 0.3) is 0 Å². The highest BCUT2D eigenvalue weighted by Gasteiger charge is 2.58. The predicted molar refractivity (Wildman–Crippen MR) is 140 cm³/mol. The Bertz CT molecular complexity index is 1110. The molecule has 3 aromatic rings. The molecule has 0 radical (unpaired) electrons. The van der Waals surface area contributed by atoms with Crippen LogP contribution in [0.3, 0.4) is 0 Å². The zero-order chi connectivity index (χ0) is 24.3. The fraction of sp³-hybridized carbons (Fsp3) is 0.419. The summed E-state index contributed by atoms with van der Waals surface area (Å²) in [5, 5.41) is 3.60. The molecule has 35 heavy (non-hydrogen) atoms. The molecule has 2 aliphatic rings. The smallest absolute Gasteiger partial charge is 0.143 e. The van der Waals surface area contributed by atoms with E-state index in [4.69, 9.17) is 14.2 Å². The Morgan fingerprint density at radius 1 is 0.914 bits per heavy atom. The van der Waals surface area contributed by atoms with Gasteiger partial charge >= 0.3 is 0 Å². The molecule has 5 rings (SSSR count). The van der Waals surface area contributed by atoms with Crippen LogP contribution >= 0.6 is 0 Å². The van der Waals surface area contributed by atoms with Crippen LogP contribution in [0.5, 0.6) is 11.5 Å². The average molecular weight is 472 g/mol. The number of hydrogen-bond acceptors (Lipinski definition) is 4. The van der Waals surface area contributed by atoms with E-state index in [1.54, 1.807) is 7.11 Å². The number of nitrogens with one attached hydrogen (secondary N) is 1. The van der Waals surface area contributed by atoms with E-state index in [1.165, 1.54) is 24.8 Å². The van der Waals surface area contributed by atoms with E-state index in [9.17, 15) is 0 Å². The maximum absolute atomic E-state index is 6.61. The Labute approximate surface area is 209 Å². The molecule has 4 heteroatoms. The molecule has 0 aliphatic carbocycles. The molecule has 3 aromatic carbocycles. The van der Waals surface area contributed by atoms with Gasteiger partial charge in [0.25, 0.3) is 0 Å². The first-order valence-corrected chi connectivity index (χ1v) is 12.9. The summed E-state index contributed by atoms with van der Waals surface area (Å²) in [5.41, 5.74) is 2.10. The first-order chi connectivity index (χ1) is 17.0. The van der Waals surface area contributed by atoms with E-state index in [-0.39, 0.29) is 5.92 Å². The summed E-state index contributed by atoms with van der Waals surface area (Å²) >= 11 is 0. The second-order valence-electron chi connectivity index (χ2n) is 10.2. The van der Waals surface area contributed by atoms with E-state index in [0.29, 0.717) is 6.04 Å². The van der Waals surface area contributed by atoms with Gasteiger partial charge in [-0.25, -0.2) is 0 Å². The lowest BCUT2D eigenvalue weighted by Gasteiger charge is -2.54. The molecule has 3 atom stereocenters. The van der Waals surface area contributed by atoms with Crippen LogP contribution < -0.4 is 14.8 Å². The number of methoxy groups -OCH3 is 1. The van der Waals surface area contributed by atoms with Crippen molar-refractivity contribution >= 4 is 0 Å². The average Bonchev–Trinajstić information content (AvgIpc) is 2.89. The number of para-hydroxylation sites is 1. The monoisotopic (exact) mass is 471 g/mol. The van der Waals surface area contributed by atoms with Crippen LogP contribution in [0.1, 0.15) is 62.1 Å². The molecule has 0 spiro atoms. The van der Waals surface area contributed by atoms with E-state index >= 15 is 0 Å². The molecular weight excluding hydrogens is 434 g/mol. The van der Waals surface area contributed by atoms with Gasteiger partial charge in [0, 0.05) is 24.6 Å². The number of rotatable bonds is 7. The van der Waals surface area contributed by atoms with Crippen LogP contribution in [0.15, 0.2) is 78.9 Å². The number of fused-ring (bicyclic) bond motifs is 1. The first-order valence-electron chi connectivity index (χ1n) is 12.9. The summed E-state index contributed by atoms with van der Waals surface area (Å²) in [4.78, 5) is 0. The van der Waals surface area contributed by atoms with Crippen molar-refractivity contribution in [3.8, 4) is 11.5 Å². The van der Waals surface area contributed by atoms with Crippen molar-refractivity contribution in [2.45, 2.75) is 62.7 Å². The van der Waals surface area contributed by atoms with Crippen molar-refractivity contribution in [3.05, 3.63) is 95.6 Å². The lowest BCUT2D eigenvalue weighted by Crippen LogP contribution is -2.59. The van der Waals surface area contributed by atoms with Gasteiger partial charge in [-0.1, -0.05) is 67.1 Å². The maximum Gasteiger partial charge on any atom is 0.143 e. The van der Waals surface area contributed by atoms with Gasteiger partial charge in [-0.3, -0.25) is 0 Å². The third kappa shape index (κ3) is 4.46. The van der Waals surface area contributed by atoms with Crippen molar-refractivity contribution in [2.24, 2.45) is 0 Å². The highest BCUT2D eigenvalue weighted by molar-refractivity contribution is 5.52. The summed E-state index contributed by atoms with van der Waals surface area (Å²) in [7, 11) is 1.80. The highest BCUT2D eigenvalue weighted by atomic mass is 16.6. The van der Waals surface area contributed by atoms with Gasteiger partial charge < -0.3 is 19.5 Å². The Balaban J connectivity index is 1.48. The summed E-state index contributed by atoms with van der Waals surface area (Å²) in [6.07, 6.45) is 4.90. The Morgan fingerprint density at radius 3 is 2.37 bits per heavy atom.